The van der Waals surface area contributed by atoms with Crippen LogP contribution in [0.15, 0.2) is 97.2 Å². The second kappa shape index (κ2) is 33.2. The number of aromatic carboxylic acids is 1. The molecule has 0 saturated heterocycles. The van der Waals surface area contributed by atoms with E-state index in [1.165, 1.54) is 28.4 Å². The quantitative estimate of drug-likeness (QED) is 0.0114. The Balaban J connectivity index is 0.750. The second-order valence-electron chi connectivity index (χ2n) is 29.4. The molecule has 4 aliphatic rings. The van der Waals surface area contributed by atoms with E-state index in [2.05, 4.69) is 41.7 Å². The number of rotatable bonds is 33. The number of ketones is 2. The maximum absolute atomic E-state index is 14.0. The Morgan fingerprint density at radius 2 is 1.62 bits per heavy atom. The molecule has 0 spiro atoms. The van der Waals surface area contributed by atoms with Crippen LogP contribution in [0.3, 0.4) is 0 Å². The average Bonchev–Trinajstić information content (AvgIpc) is 0.936. The van der Waals surface area contributed by atoms with Crippen LogP contribution >= 0.6 is 18.9 Å². The largest absolute Gasteiger partial charge is 0.476 e. The standard InChI is InChI=1S/C75H94N11O15PS/c1-47(2)56(38-54(87)15-8-7-11-30-85-64(89)27-28-65(85)90)67(91)80-59(17-12-29-77-69(76)94)62(88)36-50-19-21-51(22-20-50)42-100-72(96)83(33-35-102(97,98)99)32-34-101-75-40-48(3)39-73(5,44-75)43-74(6,45-75)46-86-49(4)57(41-78-86)55-25-26-58(79-66(55)68(92)93)53-24-23-52-14-13-31-84(61(52)37-53)71(95)82-70-81-60-16-9-10-18-63(60)103-70/h9-10,16,18-28,37,41,47-48,56,59H,7-8,11-15,17,29-36,38-40,42-46H2,1-6H3,(H,80,91)(H,92,93)(H3,76,77,94)(H,81,82,95)(H2,97,98,99)/t48?,56-,59-,73?,74?,75?/m0/s1. The Kier molecular flexibility index (Phi) is 24.7. The minimum absolute atomic E-state index is 0.0324. The maximum Gasteiger partial charge on any atom is 0.410 e. The molecule has 8 amide bonds. The van der Waals surface area contributed by atoms with Crippen molar-refractivity contribution in [2.24, 2.45) is 34.3 Å². The number of aromatic nitrogens is 4. The SMILES string of the molecule is Cc1c(-c2ccc(-c3ccc4c(c3)N(C(=O)Nc3nc5ccccc5s3)CCC4)nc2C(=O)O)cnn1CC1(C)CC2(C)CC(C)CC(OCCN(CCP(=O)(O)O)C(=O)OCc3ccc(CC(=O)[C@H](CCCNC(N)=O)NC(=O)[C@@H](CC(=O)CCCCCN4C(=O)C=CC4=O)C(C)C)cc3)(C2)C1. The molecule has 5 heterocycles. The molecule has 2 saturated carbocycles. The number of carbonyl (C=O) groups excluding carboxylic acids is 8. The zero-order chi connectivity index (χ0) is 74.0. The van der Waals surface area contributed by atoms with Crippen LogP contribution in [-0.2, 0) is 64.0 Å². The number of para-hydroxylation sites is 1. The number of pyridine rings is 1. The predicted octanol–water partition coefficient (Wildman–Crippen LogP) is 11.2. The summed E-state index contributed by atoms with van der Waals surface area (Å²) in [6.45, 7) is 13.1. The fourth-order valence-corrected chi connectivity index (χ4v) is 17.2. The number of carboxylic acids is 1. The highest BCUT2D eigenvalue weighted by Crippen LogP contribution is 2.60. The summed E-state index contributed by atoms with van der Waals surface area (Å²) in [5.41, 5.74) is 10.5. The van der Waals surface area contributed by atoms with Crippen LogP contribution in [0.25, 0.3) is 32.6 Å². The highest BCUT2D eigenvalue weighted by atomic mass is 32.1. The van der Waals surface area contributed by atoms with Crippen molar-refractivity contribution in [3.05, 3.63) is 125 Å². The lowest BCUT2D eigenvalue weighted by Crippen LogP contribution is -2.55. The zero-order valence-electron chi connectivity index (χ0n) is 59.3. The highest BCUT2D eigenvalue weighted by Gasteiger charge is 2.56. The normalized spacial score (nSPS) is 20.0. The Morgan fingerprint density at radius 1 is 0.874 bits per heavy atom. The van der Waals surface area contributed by atoms with E-state index in [1.54, 1.807) is 47.5 Å². The molecule has 4 unspecified atom stereocenters. The van der Waals surface area contributed by atoms with Gasteiger partial charge in [-0.25, -0.2) is 29.1 Å². The predicted molar refractivity (Wildman–Crippen MR) is 389 cm³/mol. The number of nitrogens with zero attached hydrogens (tertiary/aromatic N) is 7. The number of aryl methyl sites for hydroxylation is 1. The van der Waals surface area contributed by atoms with Crippen molar-refractivity contribution in [3.63, 3.8) is 0 Å². The van der Waals surface area contributed by atoms with Gasteiger partial charge in [-0.05, 0) is 147 Å². The molecule has 3 aromatic carbocycles. The third kappa shape index (κ3) is 20.0. The van der Waals surface area contributed by atoms with Gasteiger partial charge in [-0.2, -0.15) is 5.10 Å². The number of nitrogens with one attached hydrogen (secondary N) is 3. The summed E-state index contributed by atoms with van der Waals surface area (Å²) in [4.78, 5) is 151. The number of ether oxygens (including phenoxy) is 2. The van der Waals surface area contributed by atoms with Gasteiger partial charge in [0.1, 0.15) is 12.4 Å². The van der Waals surface area contributed by atoms with Crippen LogP contribution in [0.2, 0.25) is 0 Å². The number of benzene rings is 3. The lowest BCUT2D eigenvalue weighted by atomic mass is 9.51. The number of thiazole rings is 1. The third-order valence-corrected chi connectivity index (χ3v) is 21.9. The molecule has 26 nitrogen and oxygen atoms in total. The van der Waals surface area contributed by atoms with E-state index in [-0.39, 0.29) is 117 Å². The highest BCUT2D eigenvalue weighted by molar-refractivity contribution is 7.51. The zero-order valence-corrected chi connectivity index (χ0v) is 61.0. The fourth-order valence-electron chi connectivity index (χ4n) is 15.9. The van der Waals surface area contributed by atoms with Crippen molar-refractivity contribution in [1.82, 2.24) is 40.2 Å². The van der Waals surface area contributed by atoms with Gasteiger partial charge in [0.05, 0.1) is 46.5 Å². The van der Waals surface area contributed by atoms with Gasteiger partial charge in [-0.15, -0.1) is 0 Å². The summed E-state index contributed by atoms with van der Waals surface area (Å²) in [7, 11) is -4.57. The molecule has 2 aliphatic carbocycles. The molecule has 2 aliphatic heterocycles. The Labute approximate surface area is 603 Å². The summed E-state index contributed by atoms with van der Waals surface area (Å²) in [6, 6.07) is 21.7. The number of imide groups is 1. The number of hydrogen-bond acceptors (Lipinski definition) is 16. The van der Waals surface area contributed by atoms with Gasteiger partial charge in [0, 0.05) is 105 Å². The molecule has 0 radical (unpaired) electrons. The Morgan fingerprint density at radius 3 is 2.34 bits per heavy atom. The molecule has 2 bridgehead atoms. The molecule has 103 heavy (non-hydrogen) atoms. The van der Waals surface area contributed by atoms with Crippen LogP contribution < -0.4 is 26.6 Å². The number of unbranched alkanes of at least 4 members (excludes halogenated alkanes) is 2. The molecule has 550 valence electrons. The molecule has 8 N–H and O–H groups in total. The van der Waals surface area contributed by atoms with Crippen molar-refractivity contribution < 1.29 is 72.1 Å². The van der Waals surface area contributed by atoms with E-state index in [1.807, 2.05) is 67.9 Å². The number of primary amides is 1. The van der Waals surface area contributed by atoms with Gasteiger partial charge in [0.15, 0.2) is 16.6 Å². The van der Waals surface area contributed by atoms with Gasteiger partial charge in [-0.1, -0.05) is 101 Å². The number of fused-ring (bicyclic) bond motifs is 4. The third-order valence-electron chi connectivity index (χ3n) is 20.1. The van der Waals surface area contributed by atoms with Gasteiger partial charge < -0.3 is 45.6 Å². The number of hydrogen-bond donors (Lipinski definition) is 7. The maximum atomic E-state index is 14.0. The van der Waals surface area contributed by atoms with Crippen LogP contribution in [-0.4, -0.2) is 155 Å². The van der Waals surface area contributed by atoms with Gasteiger partial charge >= 0.3 is 31.7 Å². The monoisotopic (exact) mass is 1450 g/mol. The lowest BCUT2D eigenvalue weighted by molar-refractivity contribution is -0.179. The first-order valence-electron chi connectivity index (χ1n) is 35.4. The van der Waals surface area contributed by atoms with Gasteiger partial charge in [0.25, 0.3) is 11.8 Å². The van der Waals surface area contributed by atoms with Gasteiger partial charge in [0.2, 0.25) is 5.91 Å². The van der Waals surface area contributed by atoms with Crippen LogP contribution in [0.1, 0.15) is 151 Å². The fraction of sp³-hybridized carbons (Fsp3) is 0.493. The second-order valence-corrected chi connectivity index (χ2v) is 32.2. The number of nitrogens with two attached hydrogens (primary N) is 1. The van der Waals surface area contributed by atoms with Crippen molar-refractivity contribution >= 4 is 93.4 Å². The molecule has 6 aromatic rings. The van der Waals surface area contributed by atoms with E-state index >= 15 is 0 Å². The average molecular weight is 1450 g/mol. The van der Waals surface area contributed by atoms with E-state index in [9.17, 15) is 62.6 Å². The first-order valence-corrected chi connectivity index (χ1v) is 38.0. The summed E-state index contributed by atoms with van der Waals surface area (Å²) in [6.07, 6.45) is 10.4. The first kappa shape index (κ1) is 76.6. The summed E-state index contributed by atoms with van der Waals surface area (Å²) >= 11 is 1.40. The Hall–Kier alpha value is -9.01. The van der Waals surface area contributed by atoms with Crippen molar-refractivity contribution in [2.45, 2.75) is 163 Å². The van der Waals surface area contributed by atoms with Gasteiger partial charge in [-0.3, -0.25) is 48.3 Å². The molecule has 6 atom stereocenters. The van der Waals surface area contributed by atoms with E-state index in [4.69, 9.17) is 25.3 Å². The molecule has 2 fully saturated rings. The number of amides is 8. The molecule has 10 rings (SSSR count). The smallest absolute Gasteiger partial charge is 0.410 e. The minimum atomic E-state index is -4.57. The van der Waals surface area contributed by atoms with Crippen molar-refractivity contribution in [3.8, 4) is 22.4 Å². The van der Waals surface area contributed by atoms with Crippen LogP contribution in [0.4, 0.5) is 25.2 Å². The van der Waals surface area contributed by atoms with Crippen molar-refractivity contribution in [2.75, 3.05) is 55.7 Å². The first-order chi connectivity index (χ1) is 48.9. The number of anilines is 2. The number of Topliss-reactive ketones (excluding diaryl/α,β-unsaturated/α-hetero) is 2. The number of urea groups is 2. The van der Waals surface area contributed by atoms with E-state index < -0.39 is 55.3 Å². The van der Waals surface area contributed by atoms with E-state index in [0.717, 1.165) is 70.6 Å². The Bertz CT molecular complexity index is 4200. The van der Waals surface area contributed by atoms with Crippen LogP contribution in [0, 0.1) is 35.5 Å². The molecular formula is C75H94N11O15PS. The molecular weight excluding hydrogens is 1360 g/mol. The number of carbonyl (C=O) groups is 9. The summed E-state index contributed by atoms with van der Waals surface area (Å²) in [5.74, 6) is -3.52. The molecule has 3 aromatic heterocycles. The minimum Gasteiger partial charge on any atom is -0.476 e. The summed E-state index contributed by atoms with van der Waals surface area (Å²) in [5, 5.41) is 24.5. The topological polar surface area (TPSA) is 365 Å². The lowest BCUT2D eigenvalue weighted by Gasteiger charge is -2.58. The summed E-state index contributed by atoms with van der Waals surface area (Å²) < 4.78 is 27.9. The molecule has 28 heteroatoms. The van der Waals surface area contributed by atoms with E-state index in [0.29, 0.717) is 89.8 Å². The van der Waals surface area contributed by atoms with Crippen molar-refractivity contribution in [1.29, 1.82) is 0 Å². The van der Waals surface area contributed by atoms with Crippen LogP contribution in [0.5, 0.6) is 0 Å². The number of carboxylic acid groups (broad SMARTS) is 1.